The van der Waals surface area contributed by atoms with Gasteiger partial charge in [-0.05, 0) is 24.7 Å². The normalized spacial score (nSPS) is 14.2. The summed E-state index contributed by atoms with van der Waals surface area (Å²) in [5.41, 5.74) is 2.11. The van der Waals surface area contributed by atoms with Gasteiger partial charge in [-0.2, -0.15) is 0 Å². The van der Waals surface area contributed by atoms with Gasteiger partial charge >= 0.3 is 0 Å². The lowest BCUT2D eigenvalue weighted by Gasteiger charge is -2.26. The number of fused-ring (bicyclic) bond motifs is 1. The Balaban J connectivity index is 2.11. The Labute approximate surface area is 124 Å². The molecular formula is C17H19N3O. The second kappa shape index (κ2) is 6.08. The van der Waals surface area contributed by atoms with Gasteiger partial charge in [0.1, 0.15) is 0 Å². The van der Waals surface area contributed by atoms with Crippen molar-refractivity contribution in [3.63, 3.8) is 0 Å². The zero-order valence-corrected chi connectivity index (χ0v) is 12.0. The van der Waals surface area contributed by atoms with E-state index in [1.807, 2.05) is 55.8 Å². The van der Waals surface area contributed by atoms with Crippen molar-refractivity contribution in [3.8, 4) is 0 Å². The molecule has 108 valence electrons. The van der Waals surface area contributed by atoms with Crippen molar-refractivity contribution in [2.45, 2.75) is 12.1 Å². The predicted molar refractivity (Wildman–Crippen MR) is 84.2 cm³/mol. The van der Waals surface area contributed by atoms with Crippen molar-refractivity contribution in [2.75, 3.05) is 13.6 Å². The molecule has 2 heterocycles. The molecule has 0 spiro atoms. The summed E-state index contributed by atoms with van der Waals surface area (Å²) >= 11 is 0. The Kier molecular flexibility index (Phi) is 3.99. The number of nitrogens with one attached hydrogen (secondary N) is 1. The third-order valence-electron chi connectivity index (χ3n) is 3.74. The van der Waals surface area contributed by atoms with Gasteiger partial charge in [-0.15, -0.1) is 0 Å². The molecule has 2 N–H and O–H groups in total. The van der Waals surface area contributed by atoms with E-state index in [-0.39, 0.29) is 6.04 Å². The Bertz CT molecular complexity index is 708. The lowest BCUT2D eigenvalue weighted by Crippen LogP contribution is -2.33. The maximum Gasteiger partial charge on any atom is 0.0912 e. The largest absolute Gasteiger partial charge is 0.389 e. The third-order valence-corrected chi connectivity index (χ3v) is 3.74. The fraction of sp³-hybridized carbons (Fsp3) is 0.235. The van der Waals surface area contributed by atoms with Crippen molar-refractivity contribution in [2.24, 2.45) is 0 Å². The fourth-order valence-electron chi connectivity index (χ4n) is 2.78. The van der Waals surface area contributed by atoms with E-state index in [0.29, 0.717) is 6.54 Å². The summed E-state index contributed by atoms with van der Waals surface area (Å²) in [6.07, 6.45) is 5.13. The minimum absolute atomic E-state index is 0.139. The first-order chi connectivity index (χ1) is 10.3. The van der Waals surface area contributed by atoms with Gasteiger partial charge in [0.15, 0.2) is 0 Å². The molecule has 0 amide bonds. The molecule has 4 heteroatoms. The van der Waals surface area contributed by atoms with Crippen LogP contribution in [0.15, 0.2) is 61.1 Å². The van der Waals surface area contributed by atoms with Gasteiger partial charge in [0.2, 0.25) is 0 Å². The van der Waals surface area contributed by atoms with Gasteiger partial charge in [-0.25, -0.2) is 0 Å². The Morgan fingerprint density at radius 3 is 2.76 bits per heavy atom. The summed E-state index contributed by atoms with van der Waals surface area (Å²) in [5, 5.41) is 14.8. The van der Waals surface area contributed by atoms with Crippen LogP contribution in [0.4, 0.5) is 0 Å². The standard InChI is InChI=1S/C17H19N3O/c1-18-12-16(21)17(14-5-3-2-4-6-14)20-10-8-13-7-9-19-11-15(13)20/h2-11,16-18,21H,12H2,1H3/t16-,17+/m1/s1. The van der Waals surface area contributed by atoms with Crippen LogP contribution < -0.4 is 5.32 Å². The van der Waals surface area contributed by atoms with E-state index in [1.54, 1.807) is 6.20 Å². The van der Waals surface area contributed by atoms with Crippen molar-refractivity contribution in [1.29, 1.82) is 0 Å². The topological polar surface area (TPSA) is 50.1 Å². The van der Waals surface area contributed by atoms with E-state index in [0.717, 1.165) is 16.5 Å². The quantitative estimate of drug-likeness (QED) is 0.754. The first-order valence-corrected chi connectivity index (χ1v) is 7.09. The lowest BCUT2D eigenvalue weighted by atomic mass is 10.0. The van der Waals surface area contributed by atoms with Gasteiger partial charge in [-0.3, -0.25) is 4.98 Å². The molecular weight excluding hydrogens is 262 g/mol. The van der Waals surface area contributed by atoms with Crippen molar-refractivity contribution >= 4 is 10.9 Å². The van der Waals surface area contributed by atoms with Crippen molar-refractivity contribution in [1.82, 2.24) is 14.9 Å². The monoisotopic (exact) mass is 281 g/mol. The van der Waals surface area contributed by atoms with E-state index in [9.17, 15) is 5.11 Å². The van der Waals surface area contributed by atoms with Gasteiger partial charge in [-0.1, -0.05) is 30.3 Å². The number of aromatic nitrogens is 2. The van der Waals surface area contributed by atoms with Gasteiger partial charge in [0.05, 0.1) is 23.9 Å². The molecule has 2 atom stereocenters. The van der Waals surface area contributed by atoms with E-state index in [2.05, 4.69) is 20.9 Å². The van der Waals surface area contributed by atoms with Crippen molar-refractivity contribution < 1.29 is 5.11 Å². The zero-order chi connectivity index (χ0) is 14.7. The second-order valence-electron chi connectivity index (χ2n) is 5.14. The molecule has 0 saturated carbocycles. The van der Waals surface area contributed by atoms with Crippen LogP contribution in [0, 0.1) is 0 Å². The highest BCUT2D eigenvalue weighted by Crippen LogP contribution is 2.27. The summed E-state index contributed by atoms with van der Waals surface area (Å²) in [5.74, 6) is 0. The van der Waals surface area contributed by atoms with Crippen molar-refractivity contribution in [3.05, 3.63) is 66.6 Å². The molecule has 2 aromatic heterocycles. The van der Waals surface area contributed by atoms with Crippen LogP contribution in [0.1, 0.15) is 11.6 Å². The number of aliphatic hydroxyl groups is 1. The first-order valence-electron chi connectivity index (χ1n) is 7.09. The highest BCUT2D eigenvalue weighted by atomic mass is 16.3. The average molecular weight is 281 g/mol. The molecule has 0 aliphatic carbocycles. The lowest BCUT2D eigenvalue weighted by molar-refractivity contribution is 0.132. The van der Waals surface area contributed by atoms with Crippen LogP contribution in [-0.4, -0.2) is 34.4 Å². The first kappa shape index (κ1) is 13.8. The van der Waals surface area contributed by atoms with Crippen LogP contribution in [-0.2, 0) is 0 Å². The number of aliphatic hydroxyl groups excluding tert-OH is 1. The zero-order valence-electron chi connectivity index (χ0n) is 12.0. The minimum atomic E-state index is -0.520. The molecule has 4 nitrogen and oxygen atoms in total. The molecule has 0 radical (unpaired) electrons. The maximum atomic E-state index is 10.6. The van der Waals surface area contributed by atoms with E-state index in [1.165, 1.54) is 0 Å². The summed E-state index contributed by atoms with van der Waals surface area (Å²) in [4.78, 5) is 4.21. The van der Waals surface area contributed by atoms with Crippen LogP contribution >= 0.6 is 0 Å². The summed E-state index contributed by atoms with van der Waals surface area (Å²) < 4.78 is 2.10. The van der Waals surface area contributed by atoms with Gasteiger partial charge < -0.3 is 15.0 Å². The Morgan fingerprint density at radius 2 is 2.00 bits per heavy atom. The summed E-state index contributed by atoms with van der Waals surface area (Å²) in [6, 6.07) is 14.0. The molecule has 0 saturated heterocycles. The summed E-state index contributed by atoms with van der Waals surface area (Å²) in [7, 11) is 1.85. The molecule has 0 unspecified atom stereocenters. The molecule has 3 rings (SSSR count). The Hall–Kier alpha value is -2.17. The minimum Gasteiger partial charge on any atom is -0.389 e. The number of hydrogen-bond acceptors (Lipinski definition) is 3. The Morgan fingerprint density at radius 1 is 1.19 bits per heavy atom. The van der Waals surface area contributed by atoms with E-state index in [4.69, 9.17) is 0 Å². The molecule has 3 aromatic rings. The van der Waals surface area contributed by atoms with E-state index < -0.39 is 6.10 Å². The third kappa shape index (κ3) is 2.68. The van der Waals surface area contributed by atoms with Crippen LogP contribution in [0.5, 0.6) is 0 Å². The van der Waals surface area contributed by atoms with Crippen LogP contribution in [0.25, 0.3) is 10.9 Å². The molecule has 0 bridgehead atoms. The second-order valence-corrected chi connectivity index (χ2v) is 5.14. The van der Waals surface area contributed by atoms with Crippen LogP contribution in [0.2, 0.25) is 0 Å². The summed E-state index contributed by atoms with van der Waals surface area (Å²) in [6.45, 7) is 0.527. The highest BCUT2D eigenvalue weighted by Gasteiger charge is 2.23. The molecule has 21 heavy (non-hydrogen) atoms. The predicted octanol–water partition coefficient (Wildman–Crippen LogP) is 2.21. The number of pyridine rings is 1. The molecule has 0 aliphatic heterocycles. The number of likely N-dealkylation sites (N-methyl/N-ethyl adjacent to an activating group) is 1. The average Bonchev–Trinajstić information content (AvgIpc) is 2.93. The SMILES string of the molecule is CNC[C@@H](O)[C@H](c1ccccc1)n1ccc2ccncc21. The molecule has 0 aliphatic rings. The fourth-order valence-corrected chi connectivity index (χ4v) is 2.78. The maximum absolute atomic E-state index is 10.6. The van der Waals surface area contributed by atoms with Crippen LogP contribution in [0.3, 0.4) is 0 Å². The number of rotatable bonds is 5. The molecule has 1 aromatic carbocycles. The van der Waals surface area contributed by atoms with Gasteiger partial charge in [0, 0.05) is 24.3 Å². The number of hydrogen-bond donors (Lipinski definition) is 2. The smallest absolute Gasteiger partial charge is 0.0912 e. The number of benzene rings is 1. The highest BCUT2D eigenvalue weighted by molar-refractivity contribution is 5.79. The molecule has 0 fully saturated rings. The van der Waals surface area contributed by atoms with E-state index >= 15 is 0 Å². The van der Waals surface area contributed by atoms with Gasteiger partial charge in [0.25, 0.3) is 0 Å². The number of nitrogens with zero attached hydrogens (tertiary/aromatic N) is 2.